The third-order valence-corrected chi connectivity index (χ3v) is 6.98. The third-order valence-electron chi connectivity index (χ3n) is 5.09. The molecule has 1 saturated heterocycles. The van der Waals surface area contributed by atoms with Crippen molar-refractivity contribution in [2.45, 2.75) is 24.9 Å². The summed E-state index contributed by atoms with van der Waals surface area (Å²) in [5.41, 5.74) is 2.64. The average Bonchev–Trinajstić information content (AvgIpc) is 2.67. The molecular formula is C20H23FN2O3S. The number of halogens is 1. The van der Waals surface area contributed by atoms with Gasteiger partial charge in [0.2, 0.25) is 0 Å². The second-order valence-corrected chi connectivity index (χ2v) is 9.68. The van der Waals surface area contributed by atoms with E-state index in [-0.39, 0.29) is 12.4 Å². The summed E-state index contributed by atoms with van der Waals surface area (Å²) in [7, 11) is -2.18. The molecule has 27 heavy (non-hydrogen) atoms. The first-order valence-corrected chi connectivity index (χ1v) is 10.8. The van der Waals surface area contributed by atoms with E-state index in [0.29, 0.717) is 35.5 Å². The van der Waals surface area contributed by atoms with Crippen LogP contribution in [0.1, 0.15) is 18.4 Å². The molecule has 0 aromatic heterocycles. The summed E-state index contributed by atoms with van der Waals surface area (Å²) < 4.78 is 26.6. The Hall–Kier alpha value is -2.22. The molecule has 2 aromatic carbocycles. The number of nitrogens with one attached hydrogen (secondary N) is 2. The molecule has 7 heteroatoms. The van der Waals surface area contributed by atoms with E-state index in [1.807, 2.05) is 30.3 Å². The van der Waals surface area contributed by atoms with Crippen molar-refractivity contribution in [2.75, 3.05) is 11.5 Å². The summed E-state index contributed by atoms with van der Waals surface area (Å²) in [4.78, 5) is 12.2. The van der Waals surface area contributed by atoms with Gasteiger partial charge in [-0.3, -0.25) is 19.5 Å². The van der Waals surface area contributed by atoms with Crippen molar-refractivity contribution in [3.8, 4) is 11.1 Å². The van der Waals surface area contributed by atoms with Gasteiger partial charge in [0.1, 0.15) is 11.4 Å². The van der Waals surface area contributed by atoms with E-state index in [1.54, 1.807) is 17.6 Å². The van der Waals surface area contributed by atoms with Gasteiger partial charge in [0.05, 0.1) is 0 Å². The topological polar surface area (TPSA) is 78.4 Å². The zero-order valence-corrected chi connectivity index (χ0v) is 15.7. The van der Waals surface area contributed by atoms with Gasteiger partial charge in [-0.25, -0.2) is 9.87 Å². The van der Waals surface area contributed by atoms with Crippen LogP contribution >= 0.6 is 0 Å². The van der Waals surface area contributed by atoms with Crippen molar-refractivity contribution in [1.29, 1.82) is 0 Å². The summed E-state index contributed by atoms with van der Waals surface area (Å²) in [5.74, 6) is 3.39. The van der Waals surface area contributed by atoms with Crippen LogP contribution in [0.3, 0.4) is 0 Å². The highest BCUT2D eigenvalue weighted by Gasteiger charge is 2.41. The van der Waals surface area contributed by atoms with Gasteiger partial charge >= 0.3 is 0 Å². The molecule has 0 bridgehead atoms. The van der Waals surface area contributed by atoms with Crippen molar-refractivity contribution in [1.82, 2.24) is 10.8 Å². The number of carbonyl (C=O) groups is 1. The quantitative estimate of drug-likeness (QED) is 0.416. The Labute approximate surface area is 158 Å². The number of rotatable bonds is 5. The second kappa shape index (κ2) is 7.80. The Morgan fingerprint density at radius 2 is 1.85 bits per heavy atom. The number of hydroxylamine groups is 1. The fourth-order valence-corrected chi connectivity index (χ4v) is 4.98. The predicted molar refractivity (Wildman–Crippen MR) is 106 cm³/mol. The molecule has 0 spiro atoms. The van der Waals surface area contributed by atoms with Crippen LogP contribution in [0.2, 0.25) is 0 Å². The Kier molecular flexibility index (Phi) is 5.64. The molecule has 1 aliphatic rings. The normalized spacial score (nSPS) is 25.1. The van der Waals surface area contributed by atoms with Gasteiger partial charge < -0.3 is 0 Å². The van der Waals surface area contributed by atoms with E-state index < -0.39 is 21.0 Å². The van der Waals surface area contributed by atoms with E-state index in [9.17, 15) is 13.4 Å². The van der Waals surface area contributed by atoms with Gasteiger partial charge in [-0.15, -0.1) is 0 Å². The lowest BCUT2D eigenvalue weighted by molar-refractivity contribution is -0.136. The number of benzene rings is 2. The molecule has 0 atom stereocenters. The van der Waals surface area contributed by atoms with Crippen molar-refractivity contribution < 1.29 is 18.6 Å². The largest absolute Gasteiger partial charge is 0.299 e. The fourth-order valence-electron chi connectivity index (χ4n) is 3.33. The van der Waals surface area contributed by atoms with Gasteiger partial charge in [-0.05, 0) is 45.4 Å². The van der Waals surface area contributed by atoms with Crippen LogP contribution in [0.5, 0.6) is 0 Å². The van der Waals surface area contributed by atoms with Crippen molar-refractivity contribution in [3.63, 3.8) is 0 Å². The number of hydrogen-bond donors (Lipinski definition) is 3. The smallest absolute Gasteiger partial charge is 0.263 e. The summed E-state index contributed by atoms with van der Waals surface area (Å²) in [6.07, 6.45) is 0.596. The molecule has 0 radical (unpaired) electrons. The summed E-state index contributed by atoms with van der Waals surface area (Å²) in [6, 6.07) is 14.2. The average molecular weight is 390 g/mol. The van der Waals surface area contributed by atoms with E-state index in [4.69, 9.17) is 5.21 Å². The van der Waals surface area contributed by atoms with E-state index in [0.717, 1.165) is 5.56 Å². The van der Waals surface area contributed by atoms with Crippen LogP contribution in [-0.4, -0.2) is 38.2 Å². The molecule has 0 unspecified atom stereocenters. The lowest BCUT2D eigenvalue weighted by atomic mass is 9.91. The van der Waals surface area contributed by atoms with Gasteiger partial charge in [0.15, 0.2) is 0 Å². The first-order chi connectivity index (χ1) is 12.9. The Morgan fingerprint density at radius 3 is 2.44 bits per heavy atom. The van der Waals surface area contributed by atoms with E-state index in [2.05, 4.69) is 11.2 Å². The molecule has 1 amide bonds. The number of carbonyl (C=O) groups excluding carboxylic acids is 1. The maximum Gasteiger partial charge on any atom is 0.263 e. The van der Waals surface area contributed by atoms with Gasteiger partial charge in [-0.2, -0.15) is 0 Å². The molecule has 3 rings (SSSR count). The minimum atomic E-state index is -2.18. The zero-order chi connectivity index (χ0) is 19.5. The zero-order valence-electron chi connectivity index (χ0n) is 14.9. The third kappa shape index (κ3) is 4.37. The van der Waals surface area contributed by atoms with Crippen LogP contribution < -0.4 is 10.8 Å². The second-order valence-electron chi connectivity index (χ2n) is 6.93. The first kappa shape index (κ1) is 19.5. The summed E-state index contributed by atoms with van der Waals surface area (Å²) >= 11 is 0. The molecular weight excluding hydrogens is 367 g/mol. The highest BCUT2D eigenvalue weighted by Crippen LogP contribution is 2.26. The molecule has 0 aliphatic carbocycles. The van der Waals surface area contributed by atoms with Gasteiger partial charge in [0.25, 0.3) is 5.91 Å². The van der Waals surface area contributed by atoms with Crippen LogP contribution in [0.4, 0.5) is 4.39 Å². The van der Waals surface area contributed by atoms with Crippen LogP contribution in [0, 0.1) is 5.82 Å². The van der Waals surface area contributed by atoms with Crippen LogP contribution in [0.25, 0.3) is 11.1 Å². The van der Waals surface area contributed by atoms with Gasteiger partial charge in [-0.1, -0.05) is 42.5 Å². The van der Waals surface area contributed by atoms with Gasteiger partial charge in [0, 0.05) is 23.6 Å². The maximum absolute atomic E-state index is 14.5. The Morgan fingerprint density at radius 1 is 1.19 bits per heavy atom. The molecule has 144 valence electrons. The molecule has 1 heterocycles. The maximum atomic E-state index is 14.5. The molecule has 3 N–H and O–H groups in total. The minimum absolute atomic E-state index is 0.248. The van der Waals surface area contributed by atoms with Crippen molar-refractivity contribution in [3.05, 3.63) is 59.9 Å². The SMILES string of the molecule is C=S1(=O)CCC(NCc2ccc(-c3ccccc3)c(F)c2)(C(=O)NO)CC1. The summed E-state index contributed by atoms with van der Waals surface area (Å²) in [5, 5.41) is 12.2. The van der Waals surface area contributed by atoms with E-state index >= 15 is 0 Å². The van der Waals surface area contributed by atoms with Crippen LogP contribution in [-0.2, 0) is 20.9 Å². The lowest BCUT2D eigenvalue weighted by Crippen LogP contribution is -2.59. The Balaban J connectivity index is 1.76. The standard InChI is InChI=1S/C20H23FN2O3S/c1-27(26)11-9-20(10-12-27,19(24)23-25)22-14-15-7-8-17(18(21)13-15)16-5-3-2-4-6-16/h2-8,13,22,25H,1,9-12,14H2,(H,23,24). The highest BCUT2D eigenvalue weighted by atomic mass is 32.2. The van der Waals surface area contributed by atoms with Crippen molar-refractivity contribution in [2.24, 2.45) is 0 Å². The lowest BCUT2D eigenvalue weighted by Gasteiger charge is -2.37. The molecule has 1 fully saturated rings. The molecule has 1 aliphatic heterocycles. The number of hydrogen-bond acceptors (Lipinski definition) is 4. The monoisotopic (exact) mass is 390 g/mol. The van der Waals surface area contributed by atoms with Crippen LogP contribution in [0.15, 0.2) is 48.5 Å². The minimum Gasteiger partial charge on any atom is -0.299 e. The first-order valence-electron chi connectivity index (χ1n) is 8.71. The fraction of sp³-hybridized carbons (Fsp3) is 0.300. The molecule has 5 nitrogen and oxygen atoms in total. The molecule has 0 saturated carbocycles. The summed E-state index contributed by atoms with van der Waals surface area (Å²) in [6.45, 7) is 0.248. The van der Waals surface area contributed by atoms with E-state index in [1.165, 1.54) is 6.07 Å². The van der Waals surface area contributed by atoms with Crippen molar-refractivity contribution >= 4 is 21.3 Å². The highest BCUT2D eigenvalue weighted by molar-refractivity contribution is 8.00. The predicted octanol–water partition coefficient (Wildman–Crippen LogP) is 2.34. The number of amides is 1. The Bertz CT molecular complexity index is 915. The molecule has 2 aromatic rings.